The van der Waals surface area contributed by atoms with Gasteiger partial charge in [0.15, 0.2) is 6.61 Å². The highest BCUT2D eigenvalue weighted by molar-refractivity contribution is 5.93. The quantitative estimate of drug-likeness (QED) is 0.671. The molecule has 1 saturated heterocycles. The van der Waals surface area contributed by atoms with Crippen LogP contribution in [0.15, 0.2) is 18.2 Å². The monoisotopic (exact) mass is 292 g/mol. The maximum atomic E-state index is 12.1. The summed E-state index contributed by atoms with van der Waals surface area (Å²) in [5, 5.41) is 0. The zero-order chi connectivity index (χ0) is 15.2. The minimum atomic E-state index is -0.518. The van der Waals surface area contributed by atoms with Crippen molar-refractivity contribution in [3.05, 3.63) is 23.8 Å². The molecular weight excluding hydrogens is 272 g/mol. The fourth-order valence-electron chi connectivity index (χ4n) is 2.31. The lowest BCUT2D eigenvalue weighted by Crippen LogP contribution is -2.38. The van der Waals surface area contributed by atoms with Gasteiger partial charge < -0.3 is 20.1 Å². The van der Waals surface area contributed by atoms with Crippen molar-refractivity contribution in [3.8, 4) is 5.75 Å². The van der Waals surface area contributed by atoms with Crippen LogP contribution in [0.4, 0.5) is 5.69 Å². The van der Waals surface area contributed by atoms with Crippen molar-refractivity contribution in [1.82, 2.24) is 4.90 Å². The van der Waals surface area contributed by atoms with Crippen molar-refractivity contribution >= 4 is 17.6 Å². The van der Waals surface area contributed by atoms with E-state index in [4.69, 9.17) is 10.5 Å². The van der Waals surface area contributed by atoms with Crippen LogP contribution in [0.5, 0.6) is 5.75 Å². The van der Waals surface area contributed by atoms with Gasteiger partial charge in [-0.1, -0.05) is 0 Å². The van der Waals surface area contributed by atoms with Gasteiger partial charge in [-0.05, 0) is 31.4 Å². The van der Waals surface area contributed by atoms with Gasteiger partial charge in [0.1, 0.15) is 11.3 Å². The zero-order valence-corrected chi connectivity index (χ0v) is 12.1. The number of piperidine rings is 1. The second-order valence-corrected chi connectivity index (χ2v) is 4.98. The highest BCUT2D eigenvalue weighted by atomic mass is 16.5. The fourth-order valence-corrected chi connectivity index (χ4v) is 2.31. The van der Waals surface area contributed by atoms with Crippen molar-refractivity contribution < 1.29 is 19.1 Å². The van der Waals surface area contributed by atoms with Crippen molar-refractivity contribution in [2.75, 3.05) is 32.5 Å². The molecule has 1 aliphatic heterocycles. The maximum Gasteiger partial charge on any atom is 0.341 e. The third-order valence-corrected chi connectivity index (χ3v) is 3.47. The Morgan fingerprint density at radius 2 is 1.95 bits per heavy atom. The third-order valence-electron chi connectivity index (χ3n) is 3.47. The van der Waals surface area contributed by atoms with Gasteiger partial charge in [-0.3, -0.25) is 4.79 Å². The van der Waals surface area contributed by atoms with Gasteiger partial charge >= 0.3 is 5.97 Å². The maximum absolute atomic E-state index is 12.1. The summed E-state index contributed by atoms with van der Waals surface area (Å²) in [5.74, 6) is -0.324. The molecule has 1 aromatic rings. The lowest BCUT2D eigenvalue weighted by Gasteiger charge is -2.26. The van der Waals surface area contributed by atoms with Gasteiger partial charge in [0.2, 0.25) is 0 Å². The standard InChI is InChI=1S/C15H20N2O4/c1-20-15(19)12-6-5-11(16)9-13(12)21-10-14(18)17-7-3-2-4-8-17/h5-6,9H,2-4,7-8,10,16H2,1H3. The Hall–Kier alpha value is -2.24. The van der Waals surface area contributed by atoms with E-state index in [2.05, 4.69) is 4.74 Å². The summed E-state index contributed by atoms with van der Waals surface area (Å²) in [4.78, 5) is 25.5. The van der Waals surface area contributed by atoms with Gasteiger partial charge in [-0.2, -0.15) is 0 Å². The summed E-state index contributed by atoms with van der Waals surface area (Å²) in [7, 11) is 1.29. The van der Waals surface area contributed by atoms with Gasteiger partial charge in [0.25, 0.3) is 5.91 Å². The first kappa shape index (κ1) is 15.2. The molecule has 0 aliphatic carbocycles. The molecule has 21 heavy (non-hydrogen) atoms. The number of hydrogen-bond donors (Lipinski definition) is 1. The number of nitrogens with two attached hydrogens (primary N) is 1. The number of methoxy groups -OCH3 is 1. The number of benzene rings is 1. The van der Waals surface area contributed by atoms with Crippen LogP contribution in [0.2, 0.25) is 0 Å². The highest BCUT2D eigenvalue weighted by Crippen LogP contribution is 2.23. The summed E-state index contributed by atoms with van der Waals surface area (Å²) < 4.78 is 10.2. The number of nitrogens with zero attached hydrogens (tertiary/aromatic N) is 1. The molecule has 1 aromatic carbocycles. The van der Waals surface area contributed by atoms with Gasteiger partial charge in [-0.15, -0.1) is 0 Å². The molecule has 0 aromatic heterocycles. The van der Waals surface area contributed by atoms with Gasteiger partial charge in [0, 0.05) is 24.8 Å². The van der Waals surface area contributed by atoms with Crippen LogP contribution in [0.25, 0.3) is 0 Å². The number of carbonyl (C=O) groups excluding carboxylic acids is 2. The smallest absolute Gasteiger partial charge is 0.341 e. The first-order chi connectivity index (χ1) is 10.1. The van der Waals surface area contributed by atoms with E-state index in [-0.39, 0.29) is 23.8 Å². The predicted molar refractivity (Wildman–Crippen MR) is 78.1 cm³/mol. The molecule has 0 saturated carbocycles. The summed E-state index contributed by atoms with van der Waals surface area (Å²) in [6.07, 6.45) is 3.21. The summed E-state index contributed by atoms with van der Waals surface area (Å²) in [6.45, 7) is 1.43. The van der Waals surface area contributed by atoms with Crippen molar-refractivity contribution in [1.29, 1.82) is 0 Å². The third kappa shape index (κ3) is 3.87. The molecule has 2 N–H and O–H groups in total. The number of anilines is 1. The molecule has 0 radical (unpaired) electrons. The molecule has 1 fully saturated rings. The lowest BCUT2D eigenvalue weighted by molar-refractivity contribution is -0.134. The molecule has 0 spiro atoms. The molecule has 0 atom stereocenters. The molecule has 1 amide bonds. The number of ether oxygens (including phenoxy) is 2. The molecule has 2 rings (SSSR count). The average Bonchev–Trinajstić information content (AvgIpc) is 2.52. The van der Waals surface area contributed by atoms with Crippen LogP contribution in [0, 0.1) is 0 Å². The van der Waals surface area contributed by atoms with E-state index in [1.165, 1.54) is 19.2 Å². The largest absolute Gasteiger partial charge is 0.483 e. The van der Waals surface area contributed by atoms with E-state index >= 15 is 0 Å². The Morgan fingerprint density at radius 1 is 1.24 bits per heavy atom. The predicted octanol–water partition coefficient (Wildman–Crippen LogP) is 1.45. The molecule has 114 valence electrons. The molecule has 0 unspecified atom stereocenters. The average molecular weight is 292 g/mol. The molecule has 6 nitrogen and oxygen atoms in total. The number of nitrogen functional groups attached to an aromatic ring is 1. The van der Waals surface area contributed by atoms with Gasteiger partial charge in [0.05, 0.1) is 7.11 Å². The number of likely N-dealkylation sites (tertiary alicyclic amines) is 1. The van der Waals surface area contributed by atoms with Crippen molar-refractivity contribution in [2.45, 2.75) is 19.3 Å². The van der Waals surface area contributed by atoms with Gasteiger partial charge in [-0.25, -0.2) is 4.79 Å². The van der Waals surface area contributed by atoms with E-state index in [0.29, 0.717) is 5.69 Å². The Balaban J connectivity index is 2.03. The van der Waals surface area contributed by atoms with E-state index in [9.17, 15) is 9.59 Å². The van der Waals surface area contributed by atoms with Crippen molar-refractivity contribution in [2.24, 2.45) is 0 Å². The Labute approximate surface area is 123 Å². The van der Waals surface area contributed by atoms with Crippen LogP contribution >= 0.6 is 0 Å². The van der Waals surface area contributed by atoms with Crippen LogP contribution in [-0.2, 0) is 9.53 Å². The minimum absolute atomic E-state index is 0.0760. The number of carbonyl (C=O) groups is 2. The fraction of sp³-hybridized carbons (Fsp3) is 0.467. The summed E-state index contributed by atoms with van der Waals surface area (Å²) in [5.41, 5.74) is 6.41. The topological polar surface area (TPSA) is 81.9 Å². The molecular formula is C15H20N2O4. The van der Waals surface area contributed by atoms with Crippen LogP contribution in [0.1, 0.15) is 29.6 Å². The first-order valence-electron chi connectivity index (χ1n) is 7.00. The lowest BCUT2D eigenvalue weighted by atomic mass is 10.1. The summed E-state index contributed by atoms with van der Waals surface area (Å²) >= 11 is 0. The van der Waals surface area contributed by atoms with Crippen molar-refractivity contribution in [3.63, 3.8) is 0 Å². The second-order valence-electron chi connectivity index (χ2n) is 4.98. The molecule has 0 bridgehead atoms. The first-order valence-corrected chi connectivity index (χ1v) is 7.00. The van der Waals surface area contributed by atoms with E-state index in [1.807, 2.05) is 0 Å². The second kappa shape index (κ2) is 6.97. The Bertz CT molecular complexity index is 524. The van der Waals surface area contributed by atoms with Crippen LogP contribution < -0.4 is 10.5 Å². The van der Waals surface area contributed by atoms with E-state index in [1.54, 1.807) is 11.0 Å². The van der Waals surface area contributed by atoms with E-state index < -0.39 is 5.97 Å². The van der Waals surface area contributed by atoms with Crippen LogP contribution in [0.3, 0.4) is 0 Å². The number of amides is 1. The Kier molecular flexibility index (Phi) is 5.03. The highest BCUT2D eigenvalue weighted by Gasteiger charge is 2.19. The number of rotatable bonds is 4. The van der Waals surface area contributed by atoms with E-state index in [0.717, 1.165) is 32.4 Å². The van der Waals surface area contributed by atoms with Crippen LogP contribution in [-0.4, -0.2) is 43.6 Å². The minimum Gasteiger partial charge on any atom is -0.483 e. The zero-order valence-electron chi connectivity index (χ0n) is 12.1. The molecule has 1 aliphatic rings. The SMILES string of the molecule is COC(=O)c1ccc(N)cc1OCC(=O)N1CCCCC1. The summed E-state index contributed by atoms with van der Waals surface area (Å²) in [6, 6.07) is 4.64. The molecule has 6 heteroatoms. The Morgan fingerprint density at radius 3 is 2.62 bits per heavy atom. The normalized spacial score (nSPS) is 14.6. The molecule has 1 heterocycles. The number of esters is 1. The number of hydrogen-bond acceptors (Lipinski definition) is 5.